The molecule has 2 aliphatic rings. The van der Waals surface area contributed by atoms with Crippen LogP contribution >= 0.6 is 0 Å². The molecule has 1 aromatic carbocycles. The number of hydrogen-bond donors (Lipinski definition) is 0. The van der Waals surface area contributed by atoms with Gasteiger partial charge in [-0.05, 0) is 42.6 Å². The van der Waals surface area contributed by atoms with Crippen LogP contribution in [0.15, 0.2) is 30.3 Å². The molecule has 2 fully saturated rings. The molecule has 22 heavy (non-hydrogen) atoms. The Labute approximate surface area is 132 Å². The topological polar surface area (TPSA) is 43.4 Å². The predicted molar refractivity (Wildman–Crippen MR) is 84.1 cm³/mol. The predicted octanol–water partition coefficient (Wildman–Crippen LogP) is 3.93. The molecule has 0 spiro atoms. The fourth-order valence-electron chi connectivity index (χ4n) is 4.53. The molecule has 0 amide bonds. The fraction of sp³-hybridized carbons (Fsp3) is 0.579. The molecule has 5 atom stereocenters. The normalized spacial score (nSPS) is 32.4. The van der Waals surface area contributed by atoms with Gasteiger partial charge in [0.2, 0.25) is 0 Å². The van der Waals surface area contributed by atoms with Crippen LogP contribution in [0.3, 0.4) is 0 Å². The second-order valence-corrected chi connectivity index (χ2v) is 7.08. The van der Waals surface area contributed by atoms with Gasteiger partial charge in [0.05, 0.1) is 5.92 Å². The van der Waals surface area contributed by atoms with Crippen LogP contribution in [0.2, 0.25) is 0 Å². The maximum Gasteiger partial charge on any atom is 0.303 e. The van der Waals surface area contributed by atoms with E-state index in [-0.39, 0.29) is 17.7 Å². The Hall–Kier alpha value is -1.64. The summed E-state index contributed by atoms with van der Waals surface area (Å²) < 4.78 is 5.61. The van der Waals surface area contributed by atoms with Crippen LogP contribution in [0, 0.1) is 23.7 Å². The molecule has 0 aromatic heterocycles. The first-order valence-corrected chi connectivity index (χ1v) is 8.29. The zero-order valence-electron chi connectivity index (χ0n) is 13.3. The van der Waals surface area contributed by atoms with Crippen LogP contribution in [-0.4, -0.2) is 11.8 Å². The lowest BCUT2D eigenvalue weighted by atomic mass is 9.61. The van der Waals surface area contributed by atoms with E-state index < -0.39 is 6.10 Å². The van der Waals surface area contributed by atoms with E-state index in [9.17, 15) is 9.59 Å². The number of ketones is 1. The third kappa shape index (κ3) is 3.08. The minimum absolute atomic E-state index is 0.176. The Morgan fingerprint density at radius 2 is 1.91 bits per heavy atom. The van der Waals surface area contributed by atoms with Gasteiger partial charge in [-0.3, -0.25) is 9.59 Å². The number of Topliss-reactive ketones (excluding diaryl/α,β-unsaturated/α-hetero) is 1. The Balaban J connectivity index is 1.92. The Morgan fingerprint density at radius 3 is 2.59 bits per heavy atom. The van der Waals surface area contributed by atoms with E-state index in [1.807, 2.05) is 30.3 Å². The average Bonchev–Trinajstić information content (AvgIpc) is 2.45. The Kier molecular flexibility index (Phi) is 4.32. The summed E-state index contributed by atoms with van der Waals surface area (Å²) in [6.07, 6.45) is 3.56. The van der Waals surface area contributed by atoms with E-state index in [4.69, 9.17) is 4.74 Å². The number of benzene rings is 1. The Morgan fingerprint density at radius 1 is 1.18 bits per heavy atom. The molecule has 3 nitrogen and oxygen atoms in total. The van der Waals surface area contributed by atoms with Crippen molar-refractivity contribution in [2.75, 3.05) is 0 Å². The van der Waals surface area contributed by atoms with Crippen LogP contribution in [-0.2, 0) is 14.3 Å². The maximum absolute atomic E-state index is 12.7. The number of hydrogen-bond acceptors (Lipinski definition) is 3. The first kappa shape index (κ1) is 15.3. The molecule has 2 aliphatic carbocycles. The summed E-state index contributed by atoms with van der Waals surface area (Å²) in [6.45, 7) is 3.70. The van der Waals surface area contributed by atoms with Gasteiger partial charge < -0.3 is 4.74 Å². The van der Waals surface area contributed by atoms with Crippen LogP contribution in [0.25, 0.3) is 0 Å². The third-order valence-electron chi connectivity index (χ3n) is 5.19. The number of fused-ring (bicyclic) bond motifs is 2. The van der Waals surface area contributed by atoms with E-state index in [0.717, 1.165) is 18.4 Å². The Bertz CT molecular complexity index is 549. The summed E-state index contributed by atoms with van der Waals surface area (Å²) in [6, 6.07) is 9.73. The minimum Gasteiger partial charge on any atom is -0.457 e. The number of carbonyl (C=O) groups excluding carboxylic acids is 2. The zero-order valence-corrected chi connectivity index (χ0v) is 13.3. The first-order valence-electron chi connectivity index (χ1n) is 8.29. The van der Waals surface area contributed by atoms with Crippen molar-refractivity contribution in [3.8, 4) is 0 Å². The summed E-state index contributed by atoms with van der Waals surface area (Å²) in [5.74, 6) is 1.33. The summed E-state index contributed by atoms with van der Waals surface area (Å²) >= 11 is 0. The molecule has 118 valence electrons. The lowest BCUT2D eigenvalue weighted by Gasteiger charge is -2.44. The molecule has 0 heterocycles. The maximum atomic E-state index is 12.7. The van der Waals surface area contributed by atoms with E-state index in [1.54, 1.807) is 0 Å². The molecular weight excluding hydrogens is 276 g/mol. The van der Waals surface area contributed by atoms with Gasteiger partial charge >= 0.3 is 5.97 Å². The molecule has 0 N–H and O–H groups in total. The van der Waals surface area contributed by atoms with Crippen molar-refractivity contribution in [3.63, 3.8) is 0 Å². The highest BCUT2D eigenvalue weighted by Crippen LogP contribution is 2.48. The molecule has 3 rings (SSSR count). The van der Waals surface area contributed by atoms with Crippen LogP contribution < -0.4 is 0 Å². The number of carbonyl (C=O) groups is 2. The molecule has 0 saturated heterocycles. The average molecular weight is 300 g/mol. The van der Waals surface area contributed by atoms with Gasteiger partial charge in [-0.2, -0.15) is 0 Å². The van der Waals surface area contributed by atoms with Crippen molar-refractivity contribution in [1.29, 1.82) is 0 Å². The molecule has 2 bridgehead atoms. The highest BCUT2D eigenvalue weighted by atomic mass is 16.5. The van der Waals surface area contributed by atoms with E-state index in [2.05, 4.69) is 6.92 Å². The zero-order chi connectivity index (χ0) is 15.7. The fourth-order valence-corrected chi connectivity index (χ4v) is 4.53. The number of esters is 1. The van der Waals surface area contributed by atoms with Crippen LogP contribution in [0.4, 0.5) is 0 Å². The van der Waals surface area contributed by atoms with Gasteiger partial charge in [0.25, 0.3) is 0 Å². The number of ether oxygens (including phenoxy) is 1. The van der Waals surface area contributed by atoms with Gasteiger partial charge in [-0.25, -0.2) is 0 Å². The van der Waals surface area contributed by atoms with Gasteiger partial charge in [0.1, 0.15) is 11.9 Å². The van der Waals surface area contributed by atoms with Gasteiger partial charge in [0.15, 0.2) is 0 Å². The highest BCUT2D eigenvalue weighted by Gasteiger charge is 2.46. The summed E-state index contributed by atoms with van der Waals surface area (Å²) in [4.78, 5) is 24.3. The van der Waals surface area contributed by atoms with Crippen molar-refractivity contribution >= 4 is 11.8 Å². The second kappa shape index (κ2) is 6.23. The van der Waals surface area contributed by atoms with Gasteiger partial charge in [-0.1, -0.05) is 37.3 Å². The lowest BCUT2D eigenvalue weighted by molar-refractivity contribution is -0.157. The summed E-state index contributed by atoms with van der Waals surface area (Å²) in [7, 11) is 0. The quantitative estimate of drug-likeness (QED) is 0.794. The summed E-state index contributed by atoms with van der Waals surface area (Å²) in [5.41, 5.74) is 0.938. The number of rotatable bonds is 3. The minimum atomic E-state index is -0.428. The van der Waals surface area contributed by atoms with Crippen LogP contribution in [0.5, 0.6) is 0 Å². The molecule has 1 aromatic rings. The van der Waals surface area contributed by atoms with Gasteiger partial charge in [0, 0.05) is 13.3 Å². The van der Waals surface area contributed by atoms with Crippen molar-refractivity contribution < 1.29 is 14.3 Å². The van der Waals surface area contributed by atoms with Crippen LogP contribution in [0.1, 0.15) is 51.2 Å². The van der Waals surface area contributed by atoms with Gasteiger partial charge in [-0.15, -0.1) is 0 Å². The first-order chi connectivity index (χ1) is 10.5. The van der Waals surface area contributed by atoms with Crippen molar-refractivity contribution in [1.82, 2.24) is 0 Å². The van der Waals surface area contributed by atoms with E-state index in [0.29, 0.717) is 24.2 Å². The SMILES string of the molecule is CC(=O)O[C@@H](c1ccccc1)[C@H]1C(=O)CC2CC1C[C@@H](C)C2. The molecule has 2 unspecified atom stereocenters. The van der Waals surface area contributed by atoms with Crippen molar-refractivity contribution in [3.05, 3.63) is 35.9 Å². The molecule has 2 saturated carbocycles. The monoisotopic (exact) mass is 300 g/mol. The second-order valence-electron chi connectivity index (χ2n) is 7.08. The third-order valence-corrected chi connectivity index (χ3v) is 5.19. The summed E-state index contributed by atoms with van der Waals surface area (Å²) in [5, 5.41) is 0. The molecular formula is C19H24O3. The van der Waals surface area contributed by atoms with Crippen molar-refractivity contribution in [2.24, 2.45) is 23.7 Å². The highest BCUT2D eigenvalue weighted by molar-refractivity contribution is 5.83. The standard InChI is InChI=1S/C19H24O3/c1-12-8-14-10-16(9-12)18(17(21)11-14)19(22-13(2)20)15-6-4-3-5-7-15/h3-7,12,14,16,18-19H,8-11H2,1-2H3/t12-,14?,16?,18+,19-/m0/s1. The smallest absolute Gasteiger partial charge is 0.303 e. The molecule has 0 radical (unpaired) electrons. The lowest BCUT2D eigenvalue weighted by Crippen LogP contribution is -2.42. The van der Waals surface area contributed by atoms with Crippen molar-refractivity contribution in [2.45, 2.75) is 45.6 Å². The largest absolute Gasteiger partial charge is 0.457 e. The van der Waals surface area contributed by atoms with E-state index in [1.165, 1.54) is 13.3 Å². The van der Waals surface area contributed by atoms with E-state index >= 15 is 0 Å². The molecule has 3 heteroatoms. The molecule has 0 aliphatic heterocycles.